The Balaban J connectivity index is 1.47. The fourth-order valence-electron chi connectivity index (χ4n) is 4.01. The van der Waals surface area contributed by atoms with Crippen LogP contribution in [0.4, 0.5) is 5.69 Å². The largest absolute Gasteiger partial charge is 0.489 e. The van der Waals surface area contributed by atoms with Gasteiger partial charge < -0.3 is 9.47 Å². The van der Waals surface area contributed by atoms with Crippen molar-refractivity contribution in [2.24, 2.45) is 5.10 Å². The van der Waals surface area contributed by atoms with Gasteiger partial charge in [0, 0.05) is 0 Å². The summed E-state index contributed by atoms with van der Waals surface area (Å²) in [5, 5.41) is 4.57. The Kier molecular flexibility index (Phi) is 9.08. The first-order chi connectivity index (χ1) is 18.1. The molecule has 4 aromatic rings. The van der Waals surface area contributed by atoms with E-state index in [0.29, 0.717) is 12.2 Å². The number of hydrogen-bond donors (Lipinski definition) is 1. The molecule has 0 amide bonds. The van der Waals surface area contributed by atoms with Crippen LogP contribution in [-0.2, 0) is 24.2 Å². The molecule has 0 atom stereocenters. The highest BCUT2D eigenvalue weighted by molar-refractivity contribution is 5.99. The quantitative estimate of drug-likeness (QED) is 0.138. The smallest absolute Gasteiger partial charge is 0.337 e. The maximum absolute atomic E-state index is 11.7. The number of rotatable bonds is 11. The topological polar surface area (TPSA) is 59.9 Å². The van der Waals surface area contributed by atoms with Gasteiger partial charge in [0.2, 0.25) is 0 Å². The fourth-order valence-corrected chi connectivity index (χ4v) is 4.01. The molecule has 0 saturated carbocycles. The van der Waals surface area contributed by atoms with Crippen molar-refractivity contribution in [2.45, 2.75) is 32.8 Å². The van der Waals surface area contributed by atoms with Crippen molar-refractivity contribution in [1.82, 2.24) is 0 Å². The van der Waals surface area contributed by atoms with E-state index < -0.39 is 0 Å². The molecular weight excluding hydrogens is 460 g/mol. The van der Waals surface area contributed by atoms with Crippen molar-refractivity contribution in [1.29, 1.82) is 0 Å². The molecule has 0 radical (unpaired) electrons. The summed E-state index contributed by atoms with van der Waals surface area (Å²) in [6, 6.07) is 34.0. The van der Waals surface area contributed by atoms with Gasteiger partial charge in [0.05, 0.1) is 24.1 Å². The monoisotopic (exact) mass is 492 g/mol. The molecular formula is C32H32N2O3. The third-order valence-electron chi connectivity index (χ3n) is 6.13. The van der Waals surface area contributed by atoms with E-state index in [2.05, 4.69) is 34.8 Å². The summed E-state index contributed by atoms with van der Waals surface area (Å²) in [7, 11) is 1.39. The van der Waals surface area contributed by atoms with E-state index in [4.69, 9.17) is 9.47 Å². The van der Waals surface area contributed by atoms with Crippen molar-refractivity contribution in [3.8, 4) is 5.75 Å². The minimum atomic E-state index is -0.317. The van der Waals surface area contributed by atoms with E-state index in [-0.39, 0.29) is 5.97 Å². The molecule has 0 unspecified atom stereocenters. The number of nitrogens with one attached hydrogen (secondary N) is 1. The van der Waals surface area contributed by atoms with Crippen LogP contribution in [-0.4, -0.2) is 18.8 Å². The van der Waals surface area contributed by atoms with E-state index in [9.17, 15) is 4.79 Å². The number of methoxy groups -OCH3 is 1. The second kappa shape index (κ2) is 13.1. The number of nitrogens with zero attached hydrogens (tertiary/aromatic N) is 1. The molecule has 0 fully saturated rings. The summed E-state index contributed by atoms with van der Waals surface area (Å²) < 4.78 is 11.0. The van der Waals surface area contributed by atoms with Crippen LogP contribution >= 0.6 is 0 Å². The lowest BCUT2D eigenvalue weighted by Crippen LogP contribution is -2.04. The predicted octanol–water partition coefficient (Wildman–Crippen LogP) is 7.06. The molecule has 5 nitrogen and oxygen atoms in total. The Bertz CT molecular complexity index is 1320. The summed E-state index contributed by atoms with van der Waals surface area (Å²) >= 11 is 0. The number of aryl methyl sites for hydroxylation is 2. The molecule has 0 aromatic heterocycles. The van der Waals surface area contributed by atoms with Crippen LogP contribution in [0.15, 0.2) is 108 Å². The van der Waals surface area contributed by atoms with Crippen molar-refractivity contribution in [3.05, 3.63) is 131 Å². The van der Waals surface area contributed by atoms with Crippen LogP contribution in [0.3, 0.4) is 0 Å². The minimum absolute atomic E-state index is 0.317. The van der Waals surface area contributed by atoms with Crippen molar-refractivity contribution >= 4 is 17.4 Å². The normalized spacial score (nSPS) is 11.1. The van der Waals surface area contributed by atoms with E-state index in [1.807, 2.05) is 85.8 Å². The predicted molar refractivity (Wildman–Crippen MR) is 149 cm³/mol. The molecule has 0 heterocycles. The van der Waals surface area contributed by atoms with Crippen molar-refractivity contribution < 1.29 is 14.3 Å². The highest BCUT2D eigenvalue weighted by atomic mass is 16.5. The van der Waals surface area contributed by atoms with Gasteiger partial charge in [-0.05, 0) is 90.9 Å². The number of esters is 1. The number of carbonyl (C=O) groups is 1. The second-order valence-corrected chi connectivity index (χ2v) is 8.81. The van der Waals surface area contributed by atoms with Gasteiger partial charge in [-0.1, -0.05) is 60.7 Å². The maximum Gasteiger partial charge on any atom is 0.337 e. The lowest BCUT2D eigenvalue weighted by Gasteiger charge is -2.14. The first kappa shape index (κ1) is 25.7. The number of benzene rings is 4. The summed E-state index contributed by atoms with van der Waals surface area (Å²) in [5.41, 5.74) is 10.1. The lowest BCUT2D eigenvalue weighted by atomic mass is 9.99. The molecule has 1 N–H and O–H groups in total. The lowest BCUT2D eigenvalue weighted by molar-refractivity contribution is 0.0600. The zero-order chi connectivity index (χ0) is 25.9. The Morgan fingerprint density at radius 3 is 2.16 bits per heavy atom. The summed E-state index contributed by atoms with van der Waals surface area (Å²) in [5.74, 6) is 0.569. The number of ether oxygens (including phenoxy) is 2. The summed E-state index contributed by atoms with van der Waals surface area (Å²) in [6.45, 7) is 2.52. The second-order valence-electron chi connectivity index (χ2n) is 8.81. The molecule has 0 spiro atoms. The van der Waals surface area contributed by atoms with E-state index >= 15 is 0 Å². The van der Waals surface area contributed by atoms with Crippen LogP contribution in [0, 0.1) is 0 Å². The summed E-state index contributed by atoms with van der Waals surface area (Å²) in [4.78, 5) is 11.7. The molecule has 0 aliphatic carbocycles. The Morgan fingerprint density at radius 1 is 0.784 bits per heavy atom. The van der Waals surface area contributed by atoms with Gasteiger partial charge in [0.15, 0.2) is 0 Å². The molecule has 4 rings (SSSR count). The minimum Gasteiger partial charge on any atom is -0.489 e. The zero-order valence-corrected chi connectivity index (χ0v) is 21.3. The third kappa shape index (κ3) is 7.55. The fraction of sp³-hybridized carbons (Fsp3) is 0.188. The van der Waals surface area contributed by atoms with Gasteiger partial charge in [-0.25, -0.2) is 4.79 Å². The van der Waals surface area contributed by atoms with E-state index in [1.54, 1.807) is 0 Å². The molecule has 188 valence electrons. The Labute approximate surface area is 218 Å². The van der Waals surface area contributed by atoms with Crippen molar-refractivity contribution in [3.63, 3.8) is 0 Å². The molecule has 0 saturated heterocycles. The van der Waals surface area contributed by atoms with Gasteiger partial charge in [-0.3, -0.25) is 5.43 Å². The summed E-state index contributed by atoms with van der Waals surface area (Å²) in [6.07, 6.45) is 2.70. The first-order valence-corrected chi connectivity index (χ1v) is 12.4. The average Bonchev–Trinajstić information content (AvgIpc) is 2.96. The van der Waals surface area contributed by atoms with Crippen LogP contribution in [0.1, 0.15) is 46.0 Å². The molecule has 0 aliphatic heterocycles. The Hall–Kier alpha value is -4.38. The number of carbonyl (C=O) groups excluding carboxylic acids is 1. The zero-order valence-electron chi connectivity index (χ0n) is 21.3. The van der Waals surface area contributed by atoms with Crippen molar-refractivity contribution in [2.75, 3.05) is 12.5 Å². The molecule has 4 aromatic carbocycles. The van der Waals surface area contributed by atoms with Crippen LogP contribution in [0.5, 0.6) is 5.75 Å². The van der Waals surface area contributed by atoms with Crippen LogP contribution in [0.2, 0.25) is 0 Å². The highest BCUT2D eigenvalue weighted by Crippen LogP contribution is 2.24. The third-order valence-corrected chi connectivity index (χ3v) is 6.13. The number of hydrogen-bond acceptors (Lipinski definition) is 5. The number of hydrazone groups is 1. The van der Waals surface area contributed by atoms with Gasteiger partial charge in [0.25, 0.3) is 0 Å². The van der Waals surface area contributed by atoms with Gasteiger partial charge in [0.1, 0.15) is 12.4 Å². The maximum atomic E-state index is 11.7. The standard InChI is InChI=1S/C32H32N2O3/c1-24(33-34-30-14-7-4-8-15-30)28-20-21-31(37-23-26-10-5-3-6-11-26)29(22-28)13-9-12-25-16-18-27(19-17-25)32(35)36-2/h3-8,10-11,14-22,34H,9,12-13,23H2,1-2H3/b33-24+. The number of para-hydroxylation sites is 1. The molecule has 5 heteroatoms. The molecule has 0 bridgehead atoms. The SMILES string of the molecule is COC(=O)c1ccc(CCCc2cc(/C(C)=N/Nc3ccccc3)ccc2OCc2ccccc2)cc1. The van der Waals surface area contributed by atoms with Crippen LogP contribution in [0.25, 0.3) is 0 Å². The molecule has 0 aliphatic rings. The Morgan fingerprint density at radius 2 is 1.46 bits per heavy atom. The first-order valence-electron chi connectivity index (χ1n) is 12.4. The van der Waals surface area contributed by atoms with E-state index in [0.717, 1.165) is 53.1 Å². The highest BCUT2D eigenvalue weighted by Gasteiger charge is 2.10. The van der Waals surface area contributed by atoms with Gasteiger partial charge in [-0.15, -0.1) is 0 Å². The van der Waals surface area contributed by atoms with E-state index in [1.165, 1.54) is 12.7 Å². The number of anilines is 1. The van der Waals surface area contributed by atoms with Gasteiger partial charge in [-0.2, -0.15) is 5.10 Å². The van der Waals surface area contributed by atoms with Gasteiger partial charge >= 0.3 is 5.97 Å². The molecule has 37 heavy (non-hydrogen) atoms. The average molecular weight is 493 g/mol. The van der Waals surface area contributed by atoms with Crippen LogP contribution < -0.4 is 10.2 Å².